The van der Waals surface area contributed by atoms with Crippen LogP contribution in [-0.4, -0.2) is 20.6 Å². The van der Waals surface area contributed by atoms with Crippen LogP contribution in [0.2, 0.25) is 0 Å². The maximum absolute atomic E-state index is 10.3. The maximum atomic E-state index is 10.3. The Morgan fingerprint density at radius 1 is 1.50 bits per heavy atom. The highest BCUT2D eigenvalue weighted by Gasteiger charge is 2.04. The predicted octanol–water partition coefficient (Wildman–Crippen LogP) is 2.46. The number of hydrogen-bond donors (Lipinski definition) is 1. The molecule has 0 saturated heterocycles. The number of hydrogen-bond acceptors (Lipinski definition) is 2. The molecule has 0 radical (unpaired) electrons. The summed E-state index contributed by atoms with van der Waals surface area (Å²) in [5.74, 6) is 0.0960. The Morgan fingerprint density at radius 2 is 2.28 bits per heavy atom. The second kappa shape index (κ2) is 5.04. The second-order valence-corrected chi connectivity index (χ2v) is 4.32. The molecule has 1 heterocycles. The van der Waals surface area contributed by atoms with Gasteiger partial charge in [0, 0.05) is 13.1 Å². The largest absolute Gasteiger partial charge is 0.478 e. The first kappa shape index (κ1) is 12.4. The summed E-state index contributed by atoms with van der Waals surface area (Å²) in [6.45, 7) is 1.98. The fraction of sp³-hybridized carbons (Fsp3) is 0.286. The third kappa shape index (κ3) is 2.59. The Labute approximate surface area is 106 Å². The molecule has 0 atom stereocenters. The first-order valence-electron chi connectivity index (χ1n) is 5.89. The van der Waals surface area contributed by atoms with Crippen LogP contribution in [0.3, 0.4) is 0 Å². The Kier molecular flexibility index (Phi) is 3.46. The molecule has 0 aliphatic carbocycles. The van der Waals surface area contributed by atoms with Crippen LogP contribution in [0.5, 0.6) is 0 Å². The number of benzene rings is 1. The van der Waals surface area contributed by atoms with E-state index < -0.39 is 5.97 Å². The zero-order valence-corrected chi connectivity index (χ0v) is 10.6. The average molecular weight is 244 g/mol. The molecular formula is C14H16N2O2. The lowest BCUT2D eigenvalue weighted by Gasteiger charge is -1.99. The van der Waals surface area contributed by atoms with E-state index in [0.717, 1.165) is 29.7 Å². The molecule has 1 aromatic heterocycles. The van der Waals surface area contributed by atoms with Crippen LogP contribution in [0.15, 0.2) is 30.4 Å². The fourth-order valence-electron chi connectivity index (χ4n) is 1.96. The summed E-state index contributed by atoms with van der Waals surface area (Å²) in [6.07, 6.45) is 4.42. The number of aliphatic carboxylic acids is 1. The fourth-order valence-corrected chi connectivity index (χ4v) is 1.96. The van der Waals surface area contributed by atoms with Crippen molar-refractivity contribution < 1.29 is 9.90 Å². The minimum Gasteiger partial charge on any atom is -0.478 e. The van der Waals surface area contributed by atoms with Crippen LogP contribution >= 0.6 is 0 Å². The zero-order valence-electron chi connectivity index (χ0n) is 10.6. The lowest BCUT2D eigenvalue weighted by atomic mass is 10.1. The van der Waals surface area contributed by atoms with Crippen molar-refractivity contribution in [3.63, 3.8) is 0 Å². The molecule has 0 saturated carbocycles. The normalized spacial score (nSPS) is 11.4. The first-order chi connectivity index (χ1) is 8.58. The van der Waals surface area contributed by atoms with E-state index in [9.17, 15) is 4.79 Å². The van der Waals surface area contributed by atoms with Crippen molar-refractivity contribution in [2.45, 2.75) is 19.8 Å². The van der Waals surface area contributed by atoms with E-state index in [1.165, 1.54) is 11.6 Å². The van der Waals surface area contributed by atoms with E-state index >= 15 is 0 Å². The molecular weight excluding hydrogens is 228 g/mol. The van der Waals surface area contributed by atoms with Crippen LogP contribution in [0, 0.1) is 6.92 Å². The van der Waals surface area contributed by atoms with E-state index in [1.54, 1.807) is 6.08 Å². The van der Waals surface area contributed by atoms with E-state index in [1.807, 2.05) is 14.0 Å². The molecule has 94 valence electrons. The van der Waals surface area contributed by atoms with Crippen LogP contribution in [0.25, 0.3) is 11.0 Å². The van der Waals surface area contributed by atoms with Gasteiger partial charge in [-0.05, 0) is 37.5 Å². The quantitative estimate of drug-likeness (QED) is 0.840. The Balaban J connectivity index is 2.13. The number of allylic oxidation sites excluding steroid dienone is 1. The van der Waals surface area contributed by atoms with Gasteiger partial charge in [-0.25, -0.2) is 9.78 Å². The van der Waals surface area contributed by atoms with Crippen molar-refractivity contribution in [1.29, 1.82) is 0 Å². The van der Waals surface area contributed by atoms with E-state index in [-0.39, 0.29) is 0 Å². The number of aryl methyl sites for hydroxylation is 3. The van der Waals surface area contributed by atoms with Crippen molar-refractivity contribution in [3.8, 4) is 0 Å². The summed E-state index contributed by atoms with van der Waals surface area (Å²) in [6, 6.07) is 6.20. The van der Waals surface area contributed by atoms with Gasteiger partial charge in [-0.2, -0.15) is 0 Å². The first-order valence-corrected chi connectivity index (χ1v) is 5.89. The second-order valence-electron chi connectivity index (χ2n) is 4.32. The van der Waals surface area contributed by atoms with Gasteiger partial charge >= 0.3 is 5.97 Å². The van der Waals surface area contributed by atoms with Crippen molar-refractivity contribution in [2.75, 3.05) is 0 Å². The molecule has 4 heteroatoms. The van der Waals surface area contributed by atoms with Crippen molar-refractivity contribution in [1.82, 2.24) is 9.55 Å². The lowest BCUT2D eigenvalue weighted by molar-refractivity contribution is -0.131. The van der Waals surface area contributed by atoms with E-state index in [4.69, 9.17) is 5.11 Å². The van der Waals surface area contributed by atoms with Crippen LogP contribution in [0.4, 0.5) is 0 Å². The summed E-state index contributed by atoms with van der Waals surface area (Å²) < 4.78 is 2.06. The number of rotatable bonds is 4. The molecule has 18 heavy (non-hydrogen) atoms. The molecule has 0 fully saturated rings. The van der Waals surface area contributed by atoms with Gasteiger partial charge < -0.3 is 9.67 Å². The van der Waals surface area contributed by atoms with Crippen molar-refractivity contribution >= 4 is 17.0 Å². The molecule has 0 amide bonds. The molecule has 0 aliphatic rings. The van der Waals surface area contributed by atoms with E-state index in [2.05, 4.69) is 27.8 Å². The zero-order chi connectivity index (χ0) is 13.1. The number of fused-ring (bicyclic) bond motifs is 1. The van der Waals surface area contributed by atoms with Gasteiger partial charge in [-0.1, -0.05) is 12.1 Å². The Morgan fingerprint density at radius 3 is 3.00 bits per heavy atom. The third-order valence-electron chi connectivity index (χ3n) is 3.03. The molecule has 1 N–H and O–H groups in total. The minimum absolute atomic E-state index is 0.726. The van der Waals surface area contributed by atoms with Gasteiger partial charge in [0.15, 0.2) is 0 Å². The van der Waals surface area contributed by atoms with E-state index in [0.29, 0.717) is 0 Å². The van der Waals surface area contributed by atoms with Gasteiger partial charge in [0.05, 0.1) is 11.0 Å². The molecule has 1 aromatic carbocycles. The molecule has 0 aliphatic heterocycles. The number of carbonyl (C=O) groups is 1. The predicted molar refractivity (Wildman–Crippen MR) is 70.5 cm³/mol. The Bertz CT molecular complexity index is 612. The highest BCUT2D eigenvalue weighted by atomic mass is 16.4. The molecule has 0 spiro atoms. The summed E-state index contributed by atoms with van der Waals surface area (Å²) in [5, 5.41) is 8.49. The maximum Gasteiger partial charge on any atom is 0.327 e. The summed E-state index contributed by atoms with van der Waals surface area (Å²) in [7, 11) is 2.00. The van der Waals surface area contributed by atoms with Crippen LogP contribution < -0.4 is 0 Å². The highest BCUT2D eigenvalue weighted by molar-refractivity contribution is 5.79. The van der Waals surface area contributed by atoms with Gasteiger partial charge in [-0.3, -0.25) is 0 Å². The van der Waals surface area contributed by atoms with Crippen molar-refractivity contribution in [2.24, 2.45) is 7.05 Å². The molecule has 2 rings (SSSR count). The van der Waals surface area contributed by atoms with Gasteiger partial charge in [0.1, 0.15) is 5.82 Å². The average Bonchev–Trinajstić information content (AvgIpc) is 2.60. The molecule has 2 aromatic rings. The molecule has 0 bridgehead atoms. The monoisotopic (exact) mass is 244 g/mol. The lowest BCUT2D eigenvalue weighted by Crippen LogP contribution is -1.90. The topological polar surface area (TPSA) is 55.1 Å². The number of carboxylic acid groups (broad SMARTS) is 1. The standard InChI is InChI=1S/C14H16N2O2/c1-10-15-12-9-11(5-3-4-6-14(17)18)7-8-13(12)16(10)2/h4,6-9H,3,5H2,1-2H3,(H,17,18)/b6-4+. The number of nitrogens with zero attached hydrogens (tertiary/aromatic N) is 2. The molecule has 4 nitrogen and oxygen atoms in total. The minimum atomic E-state index is -0.897. The summed E-state index contributed by atoms with van der Waals surface area (Å²) in [4.78, 5) is 14.8. The SMILES string of the molecule is Cc1nc2cc(CC/C=C/C(=O)O)ccc2n1C. The molecule has 0 unspecified atom stereocenters. The number of aromatic nitrogens is 2. The summed E-state index contributed by atoms with van der Waals surface area (Å²) in [5.41, 5.74) is 3.29. The van der Waals surface area contributed by atoms with Gasteiger partial charge in [0.25, 0.3) is 0 Å². The van der Waals surface area contributed by atoms with Gasteiger partial charge in [-0.15, -0.1) is 0 Å². The van der Waals surface area contributed by atoms with Crippen LogP contribution in [0.1, 0.15) is 17.8 Å². The van der Waals surface area contributed by atoms with Crippen LogP contribution in [-0.2, 0) is 18.3 Å². The Hall–Kier alpha value is -2.10. The number of imidazole rings is 1. The third-order valence-corrected chi connectivity index (χ3v) is 3.03. The smallest absolute Gasteiger partial charge is 0.327 e. The highest BCUT2D eigenvalue weighted by Crippen LogP contribution is 2.17. The number of carboxylic acids is 1. The summed E-state index contributed by atoms with van der Waals surface area (Å²) >= 11 is 0. The van der Waals surface area contributed by atoms with Crippen molar-refractivity contribution in [3.05, 3.63) is 41.7 Å². The van der Waals surface area contributed by atoms with Gasteiger partial charge in [0.2, 0.25) is 0 Å².